The third kappa shape index (κ3) is 34.4. The molecule has 270 valence electrons. The Labute approximate surface area is 284 Å². The van der Waals surface area contributed by atoms with Crippen LogP contribution in [0.5, 0.6) is 0 Å². The molecule has 0 aliphatic heterocycles. The lowest BCUT2D eigenvalue weighted by molar-refractivity contribution is -0.123. The smallest absolute Gasteiger partial charge is 0.143 e. The molecule has 0 saturated carbocycles. The number of Topliss-reactive ketones (excluding diaryl/α,β-unsaturated/α-hetero) is 5. The topological polar surface area (TPSA) is 109 Å². The third-order valence-corrected chi connectivity index (χ3v) is 7.39. The molecule has 0 amide bonds. The predicted molar refractivity (Wildman–Crippen MR) is 196 cm³/mol. The summed E-state index contributed by atoms with van der Waals surface area (Å²) < 4.78 is 0. The van der Waals surface area contributed by atoms with Crippen LogP contribution in [-0.2, 0) is 30.4 Å². The number of carbonyl (C=O) groups excluding carboxylic acids is 5. The number of hydrogen-bond acceptors (Lipinski definition) is 7. The first-order valence-corrected chi connectivity index (χ1v) is 16.7. The second-order valence-electron chi connectivity index (χ2n) is 12.2. The van der Waals surface area contributed by atoms with Gasteiger partial charge < -0.3 is 14.8 Å². The van der Waals surface area contributed by atoms with Crippen molar-refractivity contribution in [2.45, 2.75) is 135 Å². The first-order valence-electron chi connectivity index (χ1n) is 16.7. The Hall–Kier alpha value is -2.51. The van der Waals surface area contributed by atoms with Crippen LogP contribution in [0.15, 0.2) is 24.3 Å². The molecule has 1 rings (SSSR count). The maximum absolute atomic E-state index is 11.2. The van der Waals surface area contributed by atoms with Gasteiger partial charge in [-0.15, -0.1) is 0 Å². The van der Waals surface area contributed by atoms with Crippen LogP contribution < -0.4 is 0 Å². The predicted octanol–water partition coefficient (Wildman–Crippen LogP) is 8.54. The fraction of sp³-hybridized carbons (Fsp3) is 0.718. The van der Waals surface area contributed by atoms with Crippen molar-refractivity contribution in [3.63, 3.8) is 0 Å². The summed E-state index contributed by atoms with van der Waals surface area (Å²) in [4.78, 5) is 54.8. The molecule has 7 heteroatoms. The summed E-state index contributed by atoms with van der Waals surface area (Å²) in [5.74, 6) is 2.14. The summed E-state index contributed by atoms with van der Waals surface area (Å²) >= 11 is 0. The van der Waals surface area contributed by atoms with Crippen LogP contribution in [0.1, 0.15) is 133 Å². The van der Waals surface area contributed by atoms with E-state index in [-0.39, 0.29) is 43.2 Å². The van der Waals surface area contributed by atoms with E-state index < -0.39 is 0 Å². The van der Waals surface area contributed by atoms with Crippen molar-refractivity contribution in [1.82, 2.24) is 4.90 Å². The summed E-state index contributed by atoms with van der Waals surface area (Å²) in [6.07, 6.45) is 6.37. The molecule has 4 unspecified atom stereocenters. The van der Waals surface area contributed by atoms with E-state index in [9.17, 15) is 24.0 Å². The normalized spacial score (nSPS) is 12.3. The van der Waals surface area contributed by atoms with Crippen LogP contribution in [0.25, 0.3) is 0 Å². The van der Waals surface area contributed by atoms with Gasteiger partial charge in [0.15, 0.2) is 0 Å². The number of hydrogen-bond donors (Lipinski definition) is 1. The molecule has 0 aromatic heterocycles. The van der Waals surface area contributed by atoms with Gasteiger partial charge >= 0.3 is 0 Å². The zero-order valence-electron chi connectivity index (χ0n) is 31.4. The zero-order chi connectivity index (χ0) is 36.1. The number of carbonyl (C=O) groups is 5. The standard InChI is InChI=1S/C13H18O.C9H18O.C6H12O2.C5H11NO.C5H10O.CH4/c1-4-13(11(3)14)9-12-7-5-10(2)6-8-12;1-5-7(3)9(6-2)8(4)10;1-3-6(4-7)5(2)8;1-5(7)4-6(2)3;1-3-4-5(2)6;/h5-8,13H,4,9H2,1-3H3;7,9H,5-6H2,1-4H3;6-7H,3-4H2,1-2H3;4H2,1-3H3;3-4H2,1-2H3;1H4. The van der Waals surface area contributed by atoms with Crippen molar-refractivity contribution in [3.8, 4) is 0 Å². The minimum Gasteiger partial charge on any atom is -0.396 e. The third-order valence-electron chi connectivity index (χ3n) is 7.39. The van der Waals surface area contributed by atoms with Gasteiger partial charge in [-0.2, -0.15) is 0 Å². The van der Waals surface area contributed by atoms with E-state index in [1.165, 1.54) is 18.1 Å². The average molecular weight is 652 g/mol. The molecule has 0 spiro atoms. The molecule has 0 bridgehead atoms. The summed E-state index contributed by atoms with van der Waals surface area (Å²) in [5.41, 5.74) is 2.53. The van der Waals surface area contributed by atoms with E-state index in [0.29, 0.717) is 29.9 Å². The Morgan fingerprint density at radius 2 is 1.15 bits per heavy atom. The van der Waals surface area contributed by atoms with Crippen LogP contribution in [0.4, 0.5) is 0 Å². The second-order valence-corrected chi connectivity index (χ2v) is 12.2. The van der Waals surface area contributed by atoms with Crippen molar-refractivity contribution in [2.24, 2.45) is 23.7 Å². The summed E-state index contributed by atoms with van der Waals surface area (Å²) in [6, 6.07) is 8.42. The van der Waals surface area contributed by atoms with Gasteiger partial charge in [0.1, 0.15) is 28.9 Å². The van der Waals surface area contributed by atoms with Gasteiger partial charge in [-0.05, 0) is 99.2 Å². The molecule has 0 saturated heterocycles. The average Bonchev–Trinajstić information content (AvgIpc) is 2.93. The van der Waals surface area contributed by atoms with Gasteiger partial charge in [0.25, 0.3) is 0 Å². The second kappa shape index (κ2) is 33.8. The molecule has 4 atom stereocenters. The van der Waals surface area contributed by atoms with Crippen molar-refractivity contribution in [2.75, 3.05) is 27.2 Å². The Balaban J connectivity index is -0.000000157. The molecule has 0 radical (unpaired) electrons. The highest BCUT2D eigenvalue weighted by Gasteiger charge is 2.17. The van der Waals surface area contributed by atoms with Crippen molar-refractivity contribution in [1.29, 1.82) is 0 Å². The molecule has 0 aliphatic carbocycles. The summed E-state index contributed by atoms with van der Waals surface area (Å²) in [5, 5.41) is 8.48. The van der Waals surface area contributed by atoms with E-state index in [1.807, 2.05) is 32.8 Å². The van der Waals surface area contributed by atoms with Crippen molar-refractivity contribution >= 4 is 28.9 Å². The molecule has 1 aromatic rings. The van der Waals surface area contributed by atoms with Gasteiger partial charge in [0, 0.05) is 24.2 Å². The number of aliphatic hydroxyl groups excluding tert-OH is 1. The maximum Gasteiger partial charge on any atom is 0.143 e. The molecule has 0 fully saturated rings. The van der Waals surface area contributed by atoms with Crippen molar-refractivity contribution in [3.05, 3.63) is 35.4 Å². The number of benzene rings is 1. The monoisotopic (exact) mass is 652 g/mol. The fourth-order valence-corrected chi connectivity index (χ4v) is 4.30. The largest absolute Gasteiger partial charge is 0.396 e. The number of nitrogens with zero attached hydrogens (tertiary/aromatic N) is 1. The molecular weight excluding hydrogens is 578 g/mol. The maximum atomic E-state index is 11.2. The quantitative estimate of drug-likeness (QED) is 0.202. The van der Waals surface area contributed by atoms with Crippen molar-refractivity contribution < 1.29 is 29.1 Å². The van der Waals surface area contributed by atoms with Crippen LogP contribution >= 0.6 is 0 Å². The number of ketones is 5. The number of rotatable bonds is 15. The molecular formula is C39H73NO6. The Morgan fingerprint density at radius 3 is 1.30 bits per heavy atom. The fourth-order valence-electron chi connectivity index (χ4n) is 4.30. The molecule has 0 aliphatic rings. The van der Waals surface area contributed by atoms with Gasteiger partial charge in [-0.25, -0.2) is 0 Å². The van der Waals surface area contributed by atoms with Crippen LogP contribution in [0.3, 0.4) is 0 Å². The summed E-state index contributed by atoms with van der Waals surface area (Å²) in [6.45, 7) is 23.0. The number of aliphatic hydroxyl groups is 1. The van der Waals surface area contributed by atoms with E-state index in [1.54, 1.807) is 27.7 Å². The minimum absolute atomic E-state index is 0. The van der Waals surface area contributed by atoms with Crippen LogP contribution in [0, 0.1) is 30.6 Å². The highest BCUT2D eigenvalue weighted by molar-refractivity contribution is 5.79. The van der Waals surface area contributed by atoms with Gasteiger partial charge in [0.05, 0.1) is 13.2 Å². The first kappa shape index (κ1) is 53.0. The van der Waals surface area contributed by atoms with Crippen LogP contribution in [-0.4, -0.2) is 66.2 Å². The molecule has 46 heavy (non-hydrogen) atoms. The number of aryl methyl sites for hydroxylation is 1. The van der Waals surface area contributed by atoms with E-state index in [0.717, 1.165) is 44.9 Å². The Bertz CT molecular complexity index is 919. The minimum atomic E-state index is -0.130. The molecule has 0 heterocycles. The SMILES string of the molecule is C.CC(=O)CN(C)C.CCC(C)C(CC)C(C)=O.CCC(CO)C(C)=O.CCC(Cc1ccc(C)cc1)C(C)=O.CCCC(C)=O. The first-order chi connectivity index (χ1) is 20.9. The van der Waals surface area contributed by atoms with E-state index in [2.05, 4.69) is 58.9 Å². The molecule has 7 nitrogen and oxygen atoms in total. The highest BCUT2D eigenvalue weighted by Crippen LogP contribution is 2.19. The van der Waals surface area contributed by atoms with E-state index in [4.69, 9.17) is 5.11 Å². The highest BCUT2D eigenvalue weighted by atomic mass is 16.3. The Kier molecular flexibility index (Phi) is 39.0. The van der Waals surface area contributed by atoms with Gasteiger partial charge in [0.2, 0.25) is 0 Å². The summed E-state index contributed by atoms with van der Waals surface area (Å²) in [7, 11) is 3.75. The molecule has 1 aromatic carbocycles. The van der Waals surface area contributed by atoms with Crippen LogP contribution in [0.2, 0.25) is 0 Å². The number of likely N-dealkylation sites (N-methyl/N-ethyl adjacent to an activating group) is 1. The lowest BCUT2D eigenvalue weighted by atomic mass is 9.87. The molecule has 1 N–H and O–H groups in total. The van der Waals surface area contributed by atoms with Gasteiger partial charge in [-0.3, -0.25) is 19.2 Å². The van der Waals surface area contributed by atoms with Gasteiger partial charge in [-0.1, -0.05) is 85.2 Å². The lowest BCUT2D eigenvalue weighted by Crippen LogP contribution is -2.18. The Morgan fingerprint density at radius 1 is 0.696 bits per heavy atom. The van der Waals surface area contributed by atoms with E-state index >= 15 is 0 Å². The zero-order valence-corrected chi connectivity index (χ0v) is 31.4. The lowest BCUT2D eigenvalue weighted by Gasteiger charge is -2.17.